The minimum atomic E-state index is -3.32. The zero-order chi connectivity index (χ0) is 12.2. The standard InChI is InChI=1S/C11H16BrNO2S/c1-10(12)8-9-13(2)16(14,15)11-6-4-3-5-7-11/h3-7,10H,8-9H2,1-2H3. The molecular weight excluding hydrogens is 290 g/mol. The Labute approximate surface area is 106 Å². The summed E-state index contributed by atoms with van der Waals surface area (Å²) in [5, 5.41) is 0. The summed E-state index contributed by atoms with van der Waals surface area (Å²) >= 11 is 3.40. The highest BCUT2D eigenvalue weighted by Gasteiger charge is 2.19. The van der Waals surface area contributed by atoms with Crippen LogP contribution in [0.1, 0.15) is 13.3 Å². The quantitative estimate of drug-likeness (QED) is 0.784. The van der Waals surface area contributed by atoms with Gasteiger partial charge in [0, 0.05) is 18.4 Å². The van der Waals surface area contributed by atoms with E-state index < -0.39 is 10.0 Å². The van der Waals surface area contributed by atoms with E-state index in [0.717, 1.165) is 6.42 Å². The predicted octanol–water partition coefficient (Wildman–Crippen LogP) is 2.48. The molecule has 16 heavy (non-hydrogen) atoms. The van der Waals surface area contributed by atoms with Crippen LogP contribution in [0.2, 0.25) is 0 Å². The first-order valence-corrected chi connectivity index (χ1v) is 7.45. The Bertz CT molecular complexity index is 417. The zero-order valence-corrected chi connectivity index (χ0v) is 11.8. The molecule has 5 heteroatoms. The van der Waals surface area contributed by atoms with E-state index in [1.54, 1.807) is 37.4 Å². The van der Waals surface area contributed by atoms with Crippen molar-refractivity contribution < 1.29 is 8.42 Å². The molecule has 0 aliphatic rings. The van der Waals surface area contributed by atoms with Gasteiger partial charge in [-0.25, -0.2) is 12.7 Å². The second-order valence-corrected chi connectivity index (χ2v) is 7.32. The molecule has 0 saturated carbocycles. The minimum absolute atomic E-state index is 0.320. The molecule has 1 rings (SSSR count). The number of alkyl halides is 1. The van der Waals surface area contributed by atoms with Crippen molar-refractivity contribution in [3.63, 3.8) is 0 Å². The van der Waals surface area contributed by atoms with Gasteiger partial charge in [-0.1, -0.05) is 41.1 Å². The van der Waals surface area contributed by atoms with E-state index >= 15 is 0 Å². The maximum atomic E-state index is 12.1. The monoisotopic (exact) mass is 305 g/mol. The molecule has 0 amide bonds. The van der Waals surface area contributed by atoms with Gasteiger partial charge < -0.3 is 0 Å². The summed E-state index contributed by atoms with van der Waals surface area (Å²) in [6, 6.07) is 8.49. The highest BCUT2D eigenvalue weighted by atomic mass is 79.9. The third kappa shape index (κ3) is 3.57. The van der Waals surface area contributed by atoms with Gasteiger partial charge in [0.2, 0.25) is 10.0 Å². The number of rotatable bonds is 5. The maximum Gasteiger partial charge on any atom is 0.242 e. The molecule has 90 valence electrons. The Kier molecular flexibility index (Phi) is 4.95. The summed E-state index contributed by atoms with van der Waals surface area (Å²) in [4.78, 5) is 0.667. The van der Waals surface area contributed by atoms with Crippen LogP contribution in [0.5, 0.6) is 0 Å². The highest BCUT2D eigenvalue weighted by molar-refractivity contribution is 9.09. The molecule has 3 nitrogen and oxygen atoms in total. The number of hydrogen-bond donors (Lipinski definition) is 0. The minimum Gasteiger partial charge on any atom is -0.207 e. The lowest BCUT2D eigenvalue weighted by atomic mass is 10.3. The van der Waals surface area contributed by atoms with Crippen molar-refractivity contribution in [2.75, 3.05) is 13.6 Å². The van der Waals surface area contributed by atoms with Crippen molar-refractivity contribution in [1.82, 2.24) is 4.31 Å². The Balaban J connectivity index is 2.79. The third-order valence-electron chi connectivity index (χ3n) is 2.29. The average Bonchev–Trinajstić information content (AvgIpc) is 2.27. The van der Waals surface area contributed by atoms with Crippen molar-refractivity contribution in [3.8, 4) is 0 Å². The molecule has 0 fully saturated rings. The lowest BCUT2D eigenvalue weighted by Crippen LogP contribution is -2.28. The molecule has 0 N–H and O–H groups in total. The van der Waals surface area contributed by atoms with Gasteiger partial charge in [-0.15, -0.1) is 0 Å². The number of hydrogen-bond acceptors (Lipinski definition) is 2. The summed E-state index contributed by atoms with van der Waals surface area (Å²) in [6.45, 7) is 2.52. The van der Waals surface area contributed by atoms with Crippen molar-refractivity contribution in [3.05, 3.63) is 30.3 Å². The molecule has 0 saturated heterocycles. The summed E-state index contributed by atoms with van der Waals surface area (Å²) in [5.41, 5.74) is 0. The van der Waals surface area contributed by atoms with Gasteiger partial charge >= 0.3 is 0 Å². The van der Waals surface area contributed by atoms with Crippen LogP contribution < -0.4 is 0 Å². The van der Waals surface area contributed by atoms with Gasteiger partial charge in [0.25, 0.3) is 0 Å². The fourth-order valence-electron chi connectivity index (χ4n) is 1.25. The highest BCUT2D eigenvalue weighted by Crippen LogP contribution is 2.14. The van der Waals surface area contributed by atoms with Gasteiger partial charge in [0.15, 0.2) is 0 Å². The molecule has 0 spiro atoms. The molecule has 1 aromatic rings. The maximum absolute atomic E-state index is 12.1. The molecule has 1 unspecified atom stereocenters. The topological polar surface area (TPSA) is 37.4 Å². The average molecular weight is 306 g/mol. The zero-order valence-electron chi connectivity index (χ0n) is 9.43. The van der Waals surface area contributed by atoms with Crippen LogP contribution in [0.15, 0.2) is 35.2 Å². The second-order valence-electron chi connectivity index (χ2n) is 3.71. The molecule has 1 aromatic carbocycles. The normalized spacial score (nSPS) is 14.0. The largest absolute Gasteiger partial charge is 0.242 e. The molecule has 0 heterocycles. The van der Waals surface area contributed by atoms with Gasteiger partial charge in [-0.05, 0) is 18.6 Å². The van der Waals surface area contributed by atoms with Gasteiger partial charge in [-0.3, -0.25) is 0 Å². The Morgan fingerprint density at radius 1 is 1.31 bits per heavy atom. The Morgan fingerprint density at radius 3 is 2.38 bits per heavy atom. The summed E-state index contributed by atoms with van der Waals surface area (Å²) in [5.74, 6) is 0. The van der Waals surface area contributed by atoms with Gasteiger partial charge in [0.05, 0.1) is 4.90 Å². The van der Waals surface area contributed by atoms with E-state index in [1.165, 1.54) is 4.31 Å². The summed E-state index contributed by atoms with van der Waals surface area (Å²) < 4.78 is 25.5. The lowest BCUT2D eigenvalue weighted by Gasteiger charge is -2.17. The molecule has 0 radical (unpaired) electrons. The third-order valence-corrected chi connectivity index (χ3v) is 4.62. The summed E-state index contributed by atoms with van der Waals surface area (Å²) in [7, 11) is -1.71. The van der Waals surface area contributed by atoms with Crippen molar-refractivity contribution in [1.29, 1.82) is 0 Å². The van der Waals surface area contributed by atoms with E-state index in [1.807, 2.05) is 6.92 Å². The Morgan fingerprint density at radius 2 is 1.88 bits per heavy atom. The first kappa shape index (κ1) is 13.7. The predicted molar refractivity (Wildman–Crippen MR) is 69.3 cm³/mol. The molecule has 0 aliphatic carbocycles. The van der Waals surface area contributed by atoms with Crippen molar-refractivity contribution >= 4 is 26.0 Å². The Hall–Kier alpha value is -0.390. The van der Waals surface area contributed by atoms with Crippen LogP contribution in [0.25, 0.3) is 0 Å². The first-order chi connectivity index (χ1) is 7.44. The molecule has 0 bridgehead atoms. The number of sulfonamides is 1. The van der Waals surface area contributed by atoms with Crippen molar-refractivity contribution in [2.24, 2.45) is 0 Å². The van der Waals surface area contributed by atoms with Gasteiger partial charge in [0.1, 0.15) is 0 Å². The summed E-state index contributed by atoms with van der Waals surface area (Å²) in [6.07, 6.45) is 0.794. The lowest BCUT2D eigenvalue weighted by molar-refractivity contribution is 0.462. The van der Waals surface area contributed by atoms with E-state index in [0.29, 0.717) is 16.3 Å². The number of nitrogens with zero attached hydrogens (tertiary/aromatic N) is 1. The first-order valence-electron chi connectivity index (χ1n) is 5.10. The van der Waals surface area contributed by atoms with Crippen molar-refractivity contribution in [2.45, 2.75) is 23.1 Å². The molecular formula is C11H16BrNO2S. The van der Waals surface area contributed by atoms with Crippen LogP contribution in [-0.2, 0) is 10.0 Å². The van der Waals surface area contributed by atoms with Crippen LogP contribution >= 0.6 is 15.9 Å². The van der Waals surface area contributed by atoms with Gasteiger partial charge in [-0.2, -0.15) is 0 Å². The van der Waals surface area contributed by atoms with E-state index in [-0.39, 0.29) is 0 Å². The molecule has 0 aromatic heterocycles. The van der Waals surface area contributed by atoms with E-state index in [2.05, 4.69) is 15.9 Å². The van der Waals surface area contributed by atoms with Crippen LogP contribution in [0, 0.1) is 0 Å². The molecule has 1 atom stereocenters. The van der Waals surface area contributed by atoms with E-state index in [9.17, 15) is 8.42 Å². The van der Waals surface area contributed by atoms with Crippen LogP contribution in [0.4, 0.5) is 0 Å². The smallest absolute Gasteiger partial charge is 0.207 e. The molecule has 0 aliphatic heterocycles. The van der Waals surface area contributed by atoms with E-state index in [4.69, 9.17) is 0 Å². The fraction of sp³-hybridized carbons (Fsp3) is 0.455. The van der Waals surface area contributed by atoms with Crippen LogP contribution in [-0.4, -0.2) is 31.1 Å². The SMILES string of the molecule is CC(Br)CCN(C)S(=O)(=O)c1ccccc1. The van der Waals surface area contributed by atoms with Crippen LogP contribution in [0.3, 0.4) is 0 Å². The number of benzene rings is 1. The second kappa shape index (κ2) is 5.80. The number of halogens is 1. The fourth-order valence-corrected chi connectivity index (χ4v) is 2.66.